The van der Waals surface area contributed by atoms with Crippen LogP contribution in [-0.2, 0) is 6.42 Å². The monoisotopic (exact) mass is 766 g/mol. The summed E-state index contributed by atoms with van der Waals surface area (Å²) in [5.74, 6) is 3.10. The van der Waals surface area contributed by atoms with Crippen LogP contribution in [0.2, 0.25) is 0 Å². The molecule has 0 radical (unpaired) electrons. The smallest absolute Gasteiger partial charge is 0.164 e. The highest BCUT2D eigenvalue weighted by Crippen LogP contribution is 2.51. The number of nitrogens with zero attached hydrogens (tertiary/aromatic N) is 4. The predicted molar refractivity (Wildman–Crippen MR) is 244 cm³/mol. The van der Waals surface area contributed by atoms with E-state index in [2.05, 4.69) is 132 Å². The van der Waals surface area contributed by atoms with Crippen LogP contribution in [0.1, 0.15) is 22.8 Å². The van der Waals surface area contributed by atoms with Crippen molar-refractivity contribution in [1.82, 2.24) is 19.5 Å². The molecule has 0 fully saturated rings. The molecule has 0 saturated heterocycles. The van der Waals surface area contributed by atoms with Crippen molar-refractivity contribution in [2.24, 2.45) is 0 Å². The van der Waals surface area contributed by atoms with Crippen LogP contribution in [0.25, 0.3) is 112 Å². The topological polar surface area (TPSA) is 56.7 Å². The van der Waals surface area contributed by atoms with Crippen molar-refractivity contribution in [1.29, 1.82) is 0 Å². The van der Waals surface area contributed by atoms with Crippen molar-refractivity contribution in [3.63, 3.8) is 0 Å². The molecular formula is C55H34N4O. The first kappa shape index (κ1) is 33.1. The number of aromatic nitrogens is 4. The van der Waals surface area contributed by atoms with Crippen LogP contribution < -0.4 is 0 Å². The van der Waals surface area contributed by atoms with Gasteiger partial charge in [0.25, 0.3) is 0 Å². The van der Waals surface area contributed by atoms with Gasteiger partial charge in [-0.2, -0.15) is 0 Å². The highest BCUT2D eigenvalue weighted by Gasteiger charge is 2.28. The predicted octanol–water partition coefficient (Wildman–Crippen LogP) is 13.9. The third kappa shape index (κ3) is 4.96. The third-order valence-corrected chi connectivity index (χ3v) is 12.5. The Labute approximate surface area is 345 Å². The van der Waals surface area contributed by atoms with Crippen molar-refractivity contribution in [3.8, 4) is 62.1 Å². The molecule has 0 saturated carbocycles. The van der Waals surface area contributed by atoms with E-state index in [-0.39, 0.29) is 5.92 Å². The summed E-state index contributed by atoms with van der Waals surface area (Å²) in [6, 6.07) is 62.3. The van der Waals surface area contributed by atoms with Gasteiger partial charge in [0.2, 0.25) is 0 Å². The first-order valence-corrected chi connectivity index (χ1v) is 20.5. The minimum Gasteiger partial charge on any atom is -0.456 e. The van der Waals surface area contributed by atoms with E-state index in [9.17, 15) is 0 Å². The summed E-state index contributed by atoms with van der Waals surface area (Å²) in [5.41, 5.74) is 14.9. The second kappa shape index (κ2) is 12.8. The summed E-state index contributed by atoms with van der Waals surface area (Å²) in [5, 5.41) is 6.31. The fourth-order valence-corrected chi connectivity index (χ4v) is 9.82. The molecule has 8 aromatic carbocycles. The summed E-state index contributed by atoms with van der Waals surface area (Å²) < 4.78 is 9.01. The standard InChI is InChI=1S/C55H34N4O/c1-3-13-33(14-4-1)53-56-54(34-15-5-2-6-16-34)58-55(57-53)37-17-11-18-38(29-37)59-47-24-10-9-21-41(47)44-30-35(25-27-48(44)59)36-26-28-49-46(31-36)52-43-23-12-22-42-39-19-7-8-20-40(39)45(51(42)43)32-50(52)60-49/h1-30,32,36H,31H2. The lowest BCUT2D eigenvalue weighted by atomic mass is 9.85. The second-order valence-electron chi connectivity index (χ2n) is 15.9. The summed E-state index contributed by atoms with van der Waals surface area (Å²) in [6.07, 6.45) is 5.40. The molecule has 3 heterocycles. The maximum atomic E-state index is 6.64. The molecule has 0 aliphatic heterocycles. The number of rotatable bonds is 5. The number of hydrogen-bond acceptors (Lipinski definition) is 4. The van der Waals surface area contributed by atoms with Crippen molar-refractivity contribution in [3.05, 3.63) is 199 Å². The Hall–Kier alpha value is -7.89. The molecule has 3 aromatic heterocycles. The number of hydrogen-bond donors (Lipinski definition) is 0. The van der Waals surface area contributed by atoms with Gasteiger partial charge < -0.3 is 8.98 Å². The van der Waals surface area contributed by atoms with E-state index in [1.54, 1.807) is 0 Å². The zero-order valence-corrected chi connectivity index (χ0v) is 32.4. The van der Waals surface area contributed by atoms with Gasteiger partial charge in [-0.25, -0.2) is 15.0 Å². The van der Waals surface area contributed by atoms with Gasteiger partial charge in [-0.3, -0.25) is 0 Å². The summed E-state index contributed by atoms with van der Waals surface area (Å²) in [7, 11) is 0. The maximum Gasteiger partial charge on any atom is 0.164 e. The van der Waals surface area contributed by atoms with Crippen LogP contribution in [0, 0.1) is 0 Å². The lowest BCUT2D eigenvalue weighted by Gasteiger charge is -2.18. The number of para-hydroxylation sites is 1. The number of benzene rings is 8. The minimum absolute atomic E-state index is 0.204. The van der Waals surface area contributed by atoms with Gasteiger partial charge in [0.05, 0.1) is 11.0 Å². The highest BCUT2D eigenvalue weighted by atomic mass is 16.3. The Balaban J connectivity index is 0.909. The molecule has 13 rings (SSSR count). The van der Waals surface area contributed by atoms with Gasteiger partial charge in [0.1, 0.15) is 11.3 Å². The fraction of sp³-hybridized carbons (Fsp3) is 0.0364. The van der Waals surface area contributed by atoms with Crippen LogP contribution in [0.15, 0.2) is 186 Å². The summed E-state index contributed by atoms with van der Waals surface area (Å²) >= 11 is 0. The Kier molecular flexibility index (Phi) is 7.07. The van der Waals surface area contributed by atoms with Crippen molar-refractivity contribution < 1.29 is 4.42 Å². The molecule has 11 aromatic rings. The van der Waals surface area contributed by atoms with E-state index in [1.807, 2.05) is 60.7 Å². The maximum absolute atomic E-state index is 6.64. The van der Waals surface area contributed by atoms with Crippen LogP contribution in [0.4, 0.5) is 0 Å². The molecule has 1 atom stereocenters. The molecule has 0 amide bonds. The molecular weight excluding hydrogens is 733 g/mol. The molecule has 2 aliphatic rings. The Morgan fingerprint density at radius 3 is 1.87 bits per heavy atom. The van der Waals surface area contributed by atoms with E-state index < -0.39 is 0 Å². The first-order valence-electron chi connectivity index (χ1n) is 20.5. The van der Waals surface area contributed by atoms with Gasteiger partial charge >= 0.3 is 0 Å². The largest absolute Gasteiger partial charge is 0.456 e. The highest BCUT2D eigenvalue weighted by molar-refractivity contribution is 6.23. The Bertz CT molecular complexity index is 3520. The summed E-state index contributed by atoms with van der Waals surface area (Å²) in [4.78, 5) is 15.0. The van der Waals surface area contributed by atoms with Crippen LogP contribution >= 0.6 is 0 Å². The average Bonchev–Trinajstić information content (AvgIpc) is 3.97. The zero-order valence-electron chi connectivity index (χ0n) is 32.4. The third-order valence-electron chi connectivity index (χ3n) is 12.5. The van der Waals surface area contributed by atoms with Crippen LogP contribution in [0.3, 0.4) is 0 Å². The van der Waals surface area contributed by atoms with Crippen molar-refractivity contribution >= 4 is 49.6 Å². The van der Waals surface area contributed by atoms with Crippen molar-refractivity contribution in [2.75, 3.05) is 0 Å². The average molecular weight is 767 g/mol. The Morgan fingerprint density at radius 1 is 0.467 bits per heavy atom. The molecule has 60 heavy (non-hydrogen) atoms. The van der Waals surface area contributed by atoms with Gasteiger partial charge in [0, 0.05) is 50.0 Å². The molecule has 0 spiro atoms. The number of furan rings is 1. The second-order valence-corrected chi connectivity index (χ2v) is 15.9. The lowest BCUT2D eigenvalue weighted by Crippen LogP contribution is -2.04. The molecule has 0 N–H and O–H groups in total. The van der Waals surface area contributed by atoms with Gasteiger partial charge in [-0.05, 0) is 87.5 Å². The van der Waals surface area contributed by atoms with Gasteiger partial charge in [-0.1, -0.05) is 146 Å². The molecule has 0 bridgehead atoms. The minimum atomic E-state index is 0.204. The van der Waals surface area contributed by atoms with E-state index >= 15 is 0 Å². The molecule has 280 valence electrons. The van der Waals surface area contributed by atoms with E-state index in [0.717, 1.165) is 51.2 Å². The molecule has 5 nitrogen and oxygen atoms in total. The first-order chi connectivity index (χ1) is 29.7. The van der Waals surface area contributed by atoms with E-state index in [4.69, 9.17) is 19.4 Å². The lowest BCUT2D eigenvalue weighted by molar-refractivity contribution is 0.592. The normalized spacial score (nSPS) is 14.0. The van der Waals surface area contributed by atoms with Crippen molar-refractivity contribution in [2.45, 2.75) is 12.3 Å². The molecule has 2 aliphatic carbocycles. The zero-order chi connectivity index (χ0) is 39.3. The summed E-state index contributed by atoms with van der Waals surface area (Å²) in [6.45, 7) is 0. The molecule has 5 heteroatoms. The Morgan fingerprint density at radius 2 is 1.08 bits per heavy atom. The fourth-order valence-electron chi connectivity index (χ4n) is 9.82. The molecule has 1 unspecified atom stereocenters. The van der Waals surface area contributed by atoms with Gasteiger partial charge in [0.15, 0.2) is 17.5 Å². The van der Waals surface area contributed by atoms with Gasteiger partial charge in [-0.15, -0.1) is 0 Å². The van der Waals surface area contributed by atoms with E-state index in [1.165, 1.54) is 60.3 Å². The number of fused-ring (bicyclic) bond motifs is 10. The quantitative estimate of drug-likeness (QED) is 0.175. The van der Waals surface area contributed by atoms with E-state index in [0.29, 0.717) is 17.5 Å². The van der Waals surface area contributed by atoms with Crippen LogP contribution in [0.5, 0.6) is 0 Å². The number of allylic oxidation sites excluding steroid dienone is 1. The SMILES string of the molecule is C1=CC(c2ccc3c(c2)c2ccccc2n3-c2cccc(-c3nc(-c4ccccc4)nc(-c4ccccc4)n3)c2)Cc2c1oc1cc3c4c(cccc4c21)-c1ccccc1-3. The van der Waals surface area contributed by atoms with Crippen LogP contribution in [-0.4, -0.2) is 19.5 Å².